The molecule has 2 rings (SSSR count). The van der Waals surface area contributed by atoms with Crippen LogP contribution in [0.2, 0.25) is 0 Å². The van der Waals surface area contributed by atoms with Gasteiger partial charge in [-0.2, -0.15) is 8.42 Å². The molecule has 0 radical (unpaired) electrons. The van der Waals surface area contributed by atoms with Crippen LogP contribution in [-0.2, 0) is 14.8 Å². The smallest absolute Gasteiger partial charge is 0.285 e. The lowest BCUT2D eigenvalue weighted by Gasteiger charge is -2.14. The molecular formula is C23H26BrNO4S. The van der Waals surface area contributed by atoms with Crippen molar-refractivity contribution in [2.75, 3.05) is 6.61 Å². The lowest BCUT2D eigenvalue weighted by Crippen LogP contribution is -2.16. The summed E-state index contributed by atoms with van der Waals surface area (Å²) < 4.78 is 35.6. The van der Waals surface area contributed by atoms with Crippen molar-refractivity contribution in [3.63, 3.8) is 0 Å². The highest BCUT2D eigenvalue weighted by atomic mass is 79.9. The Morgan fingerprint density at radius 2 is 1.67 bits per heavy atom. The third-order valence-corrected chi connectivity index (χ3v) is 6.45. The zero-order chi connectivity index (χ0) is 22.1. The number of ether oxygens (including phenoxy) is 1. The standard InChI is InChI=1S/C23H26BrNO4S/c1-4-6-12-20(21(24)22(26)18-10-8-7-9-11-18)23(29-5-2)25-30(27,28)19-15-13-17(3)14-16-19/h7-11,13-16H,4-6,12H2,1-3H3/b21-20+,25-23+. The number of allylic oxidation sites excluding steroid dienone is 1. The first-order chi connectivity index (χ1) is 14.3. The van der Waals surface area contributed by atoms with Crippen LogP contribution in [0.4, 0.5) is 0 Å². The maximum atomic E-state index is 13.0. The summed E-state index contributed by atoms with van der Waals surface area (Å²) in [4.78, 5) is 13.0. The Bertz CT molecular complexity index is 1030. The van der Waals surface area contributed by atoms with Crippen molar-refractivity contribution >= 4 is 37.6 Å². The summed E-state index contributed by atoms with van der Waals surface area (Å²) in [7, 11) is -4.00. The molecule has 160 valence electrons. The van der Waals surface area contributed by atoms with Crippen LogP contribution in [0.1, 0.15) is 49.0 Å². The van der Waals surface area contributed by atoms with Gasteiger partial charge in [-0.15, -0.1) is 4.40 Å². The van der Waals surface area contributed by atoms with E-state index in [9.17, 15) is 13.2 Å². The molecule has 0 spiro atoms. The minimum Gasteiger partial charge on any atom is -0.477 e. The summed E-state index contributed by atoms with van der Waals surface area (Å²) >= 11 is 3.40. The van der Waals surface area contributed by atoms with Gasteiger partial charge < -0.3 is 4.74 Å². The zero-order valence-corrected chi connectivity index (χ0v) is 19.8. The van der Waals surface area contributed by atoms with E-state index in [1.807, 2.05) is 19.9 Å². The van der Waals surface area contributed by atoms with E-state index >= 15 is 0 Å². The first-order valence-corrected chi connectivity index (χ1v) is 12.1. The number of benzene rings is 2. The summed E-state index contributed by atoms with van der Waals surface area (Å²) in [6, 6.07) is 15.2. The SMILES string of the molecule is CCCCC(/C(=N\S(=O)(=O)c1ccc(C)cc1)OCC)=C(\Br)C(=O)c1ccccc1. The van der Waals surface area contributed by atoms with E-state index < -0.39 is 10.0 Å². The van der Waals surface area contributed by atoms with E-state index in [1.165, 1.54) is 12.1 Å². The molecule has 0 aromatic heterocycles. The molecule has 0 amide bonds. The molecule has 7 heteroatoms. The molecule has 0 aliphatic heterocycles. The quantitative estimate of drug-likeness (QED) is 0.191. The molecule has 0 bridgehead atoms. The Balaban J connectivity index is 2.58. The molecule has 0 unspecified atom stereocenters. The summed E-state index contributed by atoms with van der Waals surface area (Å²) in [6.07, 6.45) is 2.08. The number of hydrogen-bond acceptors (Lipinski definition) is 4. The first-order valence-electron chi connectivity index (χ1n) is 9.83. The van der Waals surface area contributed by atoms with Gasteiger partial charge in [-0.3, -0.25) is 4.79 Å². The molecule has 0 aliphatic carbocycles. The van der Waals surface area contributed by atoms with Crippen molar-refractivity contribution < 1.29 is 17.9 Å². The van der Waals surface area contributed by atoms with E-state index in [2.05, 4.69) is 20.3 Å². The summed E-state index contributed by atoms with van der Waals surface area (Å²) in [5.74, 6) is -0.301. The zero-order valence-electron chi connectivity index (χ0n) is 17.4. The van der Waals surface area contributed by atoms with Crippen molar-refractivity contribution in [3.05, 3.63) is 75.8 Å². The third-order valence-electron chi connectivity index (χ3n) is 4.34. The van der Waals surface area contributed by atoms with Crippen LogP contribution < -0.4 is 0 Å². The third kappa shape index (κ3) is 6.37. The molecule has 5 nitrogen and oxygen atoms in total. The first kappa shape index (κ1) is 24.0. The molecule has 0 atom stereocenters. The van der Waals surface area contributed by atoms with Crippen LogP contribution in [0.5, 0.6) is 0 Å². The lowest BCUT2D eigenvalue weighted by molar-refractivity contribution is 0.104. The molecule has 0 fully saturated rings. The molecule has 2 aromatic rings. The molecular weight excluding hydrogens is 466 g/mol. The fourth-order valence-electron chi connectivity index (χ4n) is 2.69. The van der Waals surface area contributed by atoms with Gasteiger partial charge in [0.05, 0.1) is 16.0 Å². The molecule has 0 saturated heterocycles. The minimum atomic E-state index is -4.00. The van der Waals surface area contributed by atoms with Gasteiger partial charge >= 0.3 is 0 Å². The second-order valence-electron chi connectivity index (χ2n) is 6.71. The second kappa shape index (κ2) is 11.2. The van der Waals surface area contributed by atoms with Crippen LogP contribution in [0, 0.1) is 6.92 Å². The normalized spacial score (nSPS) is 13.0. The Labute approximate surface area is 187 Å². The van der Waals surface area contributed by atoms with Gasteiger partial charge in [0.25, 0.3) is 10.0 Å². The minimum absolute atomic E-state index is 0.0531. The van der Waals surface area contributed by atoms with E-state index in [0.29, 0.717) is 17.6 Å². The topological polar surface area (TPSA) is 72.8 Å². The molecule has 0 heterocycles. The number of sulfonamides is 1. The van der Waals surface area contributed by atoms with Gasteiger partial charge in [0.15, 0.2) is 5.78 Å². The van der Waals surface area contributed by atoms with Crippen molar-refractivity contribution in [3.8, 4) is 0 Å². The van der Waals surface area contributed by atoms with Crippen LogP contribution >= 0.6 is 15.9 Å². The number of rotatable bonds is 9. The fourth-order valence-corrected chi connectivity index (χ4v) is 4.26. The number of carbonyl (C=O) groups is 1. The second-order valence-corrected chi connectivity index (χ2v) is 9.11. The Morgan fingerprint density at radius 3 is 2.23 bits per heavy atom. The number of hydrogen-bond donors (Lipinski definition) is 0. The Hall–Kier alpha value is -2.25. The maximum absolute atomic E-state index is 13.0. The van der Waals surface area contributed by atoms with Crippen molar-refractivity contribution in [1.82, 2.24) is 0 Å². The summed E-state index contributed by atoms with van der Waals surface area (Å²) in [5.41, 5.74) is 1.89. The lowest BCUT2D eigenvalue weighted by atomic mass is 10.0. The number of Topliss-reactive ketones (excluding diaryl/α,β-unsaturated/α-hetero) is 1. The van der Waals surface area contributed by atoms with Gasteiger partial charge in [-0.25, -0.2) is 0 Å². The average Bonchev–Trinajstić information content (AvgIpc) is 2.74. The van der Waals surface area contributed by atoms with Gasteiger partial charge in [-0.1, -0.05) is 61.4 Å². The van der Waals surface area contributed by atoms with Crippen LogP contribution in [-0.4, -0.2) is 26.7 Å². The van der Waals surface area contributed by atoms with Crippen LogP contribution in [0.15, 0.2) is 73.9 Å². The highest BCUT2D eigenvalue weighted by Crippen LogP contribution is 2.26. The van der Waals surface area contributed by atoms with Crippen molar-refractivity contribution in [2.45, 2.75) is 44.9 Å². The van der Waals surface area contributed by atoms with E-state index in [-0.39, 0.29) is 27.7 Å². The molecule has 30 heavy (non-hydrogen) atoms. The van der Waals surface area contributed by atoms with E-state index in [0.717, 1.165) is 18.4 Å². The molecule has 2 aromatic carbocycles. The van der Waals surface area contributed by atoms with E-state index in [1.54, 1.807) is 43.3 Å². The van der Waals surface area contributed by atoms with Crippen LogP contribution in [0.3, 0.4) is 0 Å². The van der Waals surface area contributed by atoms with E-state index in [4.69, 9.17) is 4.74 Å². The monoisotopic (exact) mass is 491 g/mol. The van der Waals surface area contributed by atoms with Crippen molar-refractivity contribution in [1.29, 1.82) is 0 Å². The summed E-state index contributed by atoms with van der Waals surface area (Å²) in [6.45, 7) is 5.87. The van der Waals surface area contributed by atoms with Gasteiger partial charge in [0.1, 0.15) is 0 Å². The Kier molecular flexibility index (Phi) is 8.99. The summed E-state index contributed by atoms with van der Waals surface area (Å²) in [5, 5.41) is 0. The maximum Gasteiger partial charge on any atom is 0.285 e. The van der Waals surface area contributed by atoms with Crippen LogP contribution in [0.25, 0.3) is 0 Å². The number of halogens is 1. The molecule has 0 saturated carbocycles. The highest BCUT2D eigenvalue weighted by Gasteiger charge is 2.23. The number of aryl methyl sites for hydroxylation is 1. The molecule has 0 aliphatic rings. The average molecular weight is 492 g/mol. The number of nitrogens with zero attached hydrogens (tertiary/aromatic N) is 1. The largest absolute Gasteiger partial charge is 0.477 e. The van der Waals surface area contributed by atoms with Crippen molar-refractivity contribution in [2.24, 2.45) is 4.40 Å². The van der Waals surface area contributed by atoms with Gasteiger partial charge in [0, 0.05) is 11.1 Å². The highest BCUT2D eigenvalue weighted by molar-refractivity contribution is 9.12. The number of unbranched alkanes of at least 4 members (excludes halogenated alkanes) is 1. The molecule has 0 N–H and O–H groups in total. The predicted octanol–water partition coefficient (Wildman–Crippen LogP) is 5.84. The Morgan fingerprint density at radius 1 is 1.03 bits per heavy atom. The van der Waals surface area contributed by atoms with Gasteiger partial charge in [-0.05, 0) is 54.8 Å². The van der Waals surface area contributed by atoms with Gasteiger partial charge in [0.2, 0.25) is 5.90 Å². The number of carbonyl (C=O) groups excluding carboxylic acids is 1. The number of ketones is 1. The predicted molar refractivity (Wildman–Crippen MR) is 124 cm³/mol. The fraction of sp³-hybridized carbons (Fsp3) is 0.304.